The lowest BCUT2D eigenvalue weighted by atomic mass is 10.1. The summed E-state index contributed by atoms with van der Waals surface area (Å²) >= 11 is 0. The number of aromatic carboxylic acids is 1. The Morgan fingerprint density at radius 1 is 0.795 bits per heavy atom. The first-order valence-corrected chi connectivity index (χ1v) is 12.8. The van der Waals surface area contributed by atoms with Gasteiger partial charge < -0.3 is 20.6 Å². The number of fused-ring (bicyclic) bond motifs is 1. The maximum atomic E-state index is 12.9. The van der Waals surface area contributed by atoms with Crippen LogP contribution in [0.4, 0.5) is 21.9 Å². The van der Waals surface area contributed by atoms with Gasteiger partial charge >= 0.3 is 12.0 Å². The molecule has 4 aromatic rings. The van der Waals surface area contributed by atoms with Crippen LogP contribution in [0, 0.1) is 0 Å². The first-order chi connectivity index (χ1) is 19.0. The summed E-state index contributed by atoms with van der Waals surface area (Å²) in [5.41, 5.74) is 4.37. The van der Waals surface area contributed by atoms with Gasteiger partial charge in [0.1, 0.15) is 0 Å². The van der Waals surface area contributed by atoms with E-state index in [1.165, 1.54) is 49.6 Å². The Morgan fingerprint density at radius 3 is 2.05 bits per heavy atom. The highest BCUT2D eigenvalue weighted by Crippen LogP contribution is 2.29. The molecule has 8 heteroatoms. The van der Waals surface area contributed by atoms with Crippen LogP contribution in [0.1, 0.15) is 45.7 Å². The van der Waals surface area contributed by atoms with E-state index < -0.39 is 12.0 Å². The fourth-order valence-electron chi connectivity index (χ4n) is 4.62. The second kappa shape index (κ2) is 11.6. The number of para-hydroxylation sites is 1. The molecule has 1 fully saturated rings. The number of carbonyl (C=O) groups excluding carboxylic acids is 2. The molecule has 1 aromatic heterocycles. The summed E-state index contributed by atoms with van der Waals surface area (Å²) in [6, 6.07) is 22.1. The number of hydrogen-bond donors (Lipinski definition) is 3. The second-order valence-electron chi connectivity index (χ2n) is 9.37. The molecule has 3 aromatic carbocycles. The molecule has 0 bridgehead atoms. The average Bonchev–Trinajstić information content (AvgIpc) is 2.96. The van der Waals surface area contributed by atoms with E-state index in [9.17, 15) is 14.4 Å². The molecule has 39 heavy (non-hydrogen) atoms. The fraction of sp³-hybridized carbons (Fsp3) is 0.161. The van der Waals surface area contributed by atoms with Gasteiger partial charge in [0, 0.05) is 41.1 Å². The monoisotopic (exact) mass is 520 g/mol. The van der Waals surface area contributed by atoms with Gasteiger partial charge in [0.2, 0.25) is 0 Å². The number of pyridine rings is 1. The summed E-state index contributed by atoms with van der Waals surface area (Å²) in [7, 11) is 0. The second-order valence-corrected chi connectivity index (χ2v) is 9.37. The third kappa shape index (κ3) is 6.30. The summed E-state index contributed by atoms with van der Waals surface area (Å²) in [6.45, 7) is 2.04. The molecule has 0 saturated carbocycles. The maximum Gasteiger partial charge on any atom is 0.335 e. The van der Waals surface area contributed by atoms with E-state index in [0.29, 0.717) is 16.9 Å². The summed E-state index contributed by atoms with van der Waals surface area (Å²) in [5, 5.41) is 15.4. The van der Waals surface area contributed by atoms with Crippen molar-refractivity contribution in [3.63, 3.8) is 0 Å². The minimum Gasteiger partial charge on any atom is -0.478 e. The van der Waals surface area contributed by atoms with Gasteiger partial charge in [-0.15, -0.1) is 0 Å². The largest absolute Gasteiger partial charge is 0.478 e. The lowest BCUT2D eigenvalue weighted by Gasteiger charge is -2.30. The number of piperidine rings is 1. The standard InChI is InChI=1S/C31H28N4O4/c36-29(17-16-25-20-28(35-18-4-1-5-19-35)26-6-2-3-7-27(26)32-25)21-8-12-23(13-9-21)33-31(39)34-24-14-10-22(11-15-24)30(37)38/h2-3,6-17,20H,1,4-5,18-19H2,(H,37,38)(H2,33,34,39)/b17-16+. The van der Waals surface area contributed by atoms with Crippen LogP contribution in [0.3, 0.4) is 0 Å². The Hall–Kier alpha value is -4.98. The van der Waals surface area contributed by atoms with Crippen molar-refractivity contribution in [1.82, 2.24) is 4.98 Å². The predicted molar refractivity (Wildman–Crippen MR) is 154 cm³/mol. The molecule has 0 radical (unpaired) electrons. The molecule has 8 nitrogen and oxygen atoms in total. The lowest BCUT2D eigenvalue weighted by Crippen LogP contribution is -2.29. The minimum absolute atomic E-state index is 0.133. The van der Waals surface area contributed by atoms with Crippen molar-refractivity contribution < 1.29 is 19.5 Å². The van der Waals surface area contributed by atoms with Crippen molar-refractivity contribution in [3.05, 3.63) is 102 Å². The molecule has 196 valence electrons. The third-order valence-corrected chi connectivity index (χ3v) is 6.63. The highest BCUT2D eigenvalue weighted by Gasteiger charge is 2.15. The maximum absolute atomic E-state index is 12.9. The summed E-state index contributed by atoms with van der Waals surface area (Å²) < 4.78 is 0. The van der Waals surface area contributed by atoms with Crippen molar-refractivity contribution in [2.45, 2.75) is 19.3 Å². The quantitative estimate of drug-likeness (QED) is 0.190. The molecule has 0 aliphatic carbocycles. The van der Waals surface area contributed by atoms with Crippen molar-refractivity contribution in [2.24, 2.45) is 0 Å². The number of allylic oxidation sites excluding steroid dienone is 1. The van der Waals surface area contributed by atoms with Crippen LogP contribution in [-0.4, -0.2) is 41.0 Å². The van der Waals surface area contributed by atoms with E-state index in [2.05, 4.69) is 27.7 Å². The molecule has 1 aliphatic rings. The van der Waals surface area contributed by atoms with E-state index in [0.717, 1.165) is 35.4 Å². The number of aromatic nitrogens is 1. The van der Waals surface area contributed by atoms with Crippen LogP contribution in [0.5, 0.6) is 0 Å². The number of urea groups is 1. The first kappa shape index (κ1) is 25.7. The van der Waals surface area contributed by atoms with E-state index >= 15 is 0 Å². The summed E-state index contributed by atoms with van der Waals surface area (Å²) in [5.74, 6) is -1.20. The minimum atomic E-state index is -1.04. The van der Waals surface area contributed by atoms with Crippen LogP contribution in [0.15, 0.2) is 84.9 Å². The van der Waals surface area contributed by atoms with Crippen LogP contribution in [-0.2, 0) is 0 Å². The van der Waals surface area contributed by atoms with Crippen LogP contribution < -0.4 is 15.5 Å². The summed E-state index contributed by atoms with van der Waals surface area (Å²) in [4.78, 5) is 43.2. The number of rotatable bonds is 7. The molecule has 2 amide bonds. The normalized spacial score (nSPS) is 13.4. The molecule has 2 heterocycles. The topological polar surface area (TPSA) is 112 Å². The van der Waals surface area contributed by atoms with Gasteiger partial charge in [0.05, 0.1) is 16.8 Å². The first-order valence-electron chi connectivity index (χ1n) is 12.8. The predicted octanol–water partition coefficient (Wildman–Crippen LogP) is 6.46. The number of benzene rings is 3. The Kier molecular flexibility index (Phi) is 7.63. The Bertz CT molecular complexity index is 1540. The van der Waals surface area contributed by atoms with Crippen molar-refractivity contribution in [1.29, 1.82) is 0 Å². The van der Waals surface area contributed by atoms with Crippen LogP contribution in [0.25, 0.3) is 17.0 Å². The van der Waals surface area contributed by atoms with Gasteiger partial charge in [-0.2, -0.15) is 0 Å². The highest BCUT2D eigenvalue weighted by atomic mass is 16.4. The van der Waals surface area contributed by atoms with Gasteiger partial charge in [-0.05, 0) is 92.1 Å². The zero-order valence-electron chi connectivity index (χ0n) is 21.3. The molecule has 5 rings (SSSR count). The lowest BCUT2D eigenvalue weighted by molar-refractivity contribution is 0.0696. The van der Waals surface area contributed by atoms with Crippen molar-refractivity contribution in [2.75, 3.05) is 28.6 Å². The zero-order valence-corrected chi connectivity index (χ0v) is 21.3. The number of ketones is 1. The number of carboxylic acids is 1. The molecule has 1 aliphatic heterocycles. The SMILES string of the molecule is O=C(Nc1ccc(C(=O)O)cc1)Nc1ccc(C(=O)/C=C/c2cc(N3CCCCC3)c3ccccc3n2)cc1. The van der Waals surface area contributed by atoms with Gasteiger partial charge in [-0.25, -0.2) is 14.6 Å². The smallest absolute Gasteiger partial charge is 0.335 e. The van der Waals surface area contributed by atoms with E-state index in [1.807, 2.05) is 18.2 Å². The van der Waals surface area contributed by atoms with Crippen molar-refractivity contribution >= 4 is 51.8 Å². The Morgan fingerprint density at radius 2 is 1.41 bits per heavy atom. The van der Waals surface area contributed by atoms with E-state index in [4.69, 9.17) is 10.1 Å². The molecule has 1 saturated heterocycles. The summed E-state index contributed by atoms with van der Waals surface area (Å²) in [6.07, 6.45) is 6.87. The fourth-order valence-corrected chi connectivity index (χ4v) is 4.62. The van der Waals surface area contributed by atoms with E-state index in [1.54, 1.807) is 30.3 Å². The molecule has 0 spiro atoms. The Labute approximate surface area is 226 Å². The molecule has 3 N–H and O–H groups in total. The number of nitrogens with zero attached hydrogens (tertiary/aromatic N) is 2. The number of amides is 2. The molecule has 0 atom stereocenters. The van der Waals surface area contributed by atoms with Crippen molar-refractivity contribution in [3.8, 4) is 0 Å². The van der Waals surface area contributed by atoms with Crippen LogP contribution >= 0.6 is 0 Å². The van der Waals surface area contributed by atoms with Gasteiger partial charge in [-0.1, -0.05) is 18.2 Å². The number of carbonyl (C=O) groups is 3. The molecule has 0 unspecified atom stereocenters. The third-order valence-electron chi connectivity index (χ3n) is 6.63. The number of carboxylic acid groups (broad SMARTS) is 1. The highest BCUT2D eigenvalue weighted by molar-refractivity contribution is 6.07. The van der Waals surface area contributed by atoms with Gasteiger partial charge in [0.15, 0.2) is 5.78 Å². The van der Waals surface area contributed by atoms with Gasteiger partial charge in [-0.3, -0.25) is 4.79 Å². The number of hydrogen-bond acceptors (Lipinski definition) is 5. The molecular weight excluding hydrogens is 492 g/mol. The number of anilines is 3. The van der Waals surface area contributed by atoms with E-state index in [-0.39, 0.29) is 11.3 Å². The zero-order chi connectivity index (χ0) is 27.2. The average molecular weight is 521 g/mol. The Balaban J connectivity index is 1.24. The number of nitrogens with one attached hydrogen (secondary N) is 2. The van der Waals surface area contributed by atoms with Crippen LogP contribution in [0.2, 0.25) is 0 Å². The van der Waals surface area contributed by atoms with Gasteiger partial charge in [0.25, 0.3) is 0 Å². The molecular formula is C31H28N4O4.